The van der Waals surface area contributed by atoms with Gasteiger partial charge in [0.05, 0.1) is 10.8 Å². The minimum Gasteiger partial charge on any atom is -0.366 e. The van der Waals surface area contributed by atoms with E-state index in [2.05, 4.69) is 20.6 Å². The van der Waals surface area contributed by atoms with E-state index < -0.39 is 10.8 Å². The predicted octanol–water partition coefficient (Wildman–Crippen LogP) is 1.87. The molecule has 1 saturated carbocycles. The number of nitrogens with zero attached hydrogens (tertiary/aromatic N) is 2. The zero-order valence-corrected chi connectivity index (χ0v) is 11.4. The van der Waals surface area contributed by atoms with Gasteiger partial charge in [0, 0.05) is 18.8 Å². The Hall–Kier alpha value is -0.880. The van der Waals surface area contributed by atoms with Gasteiger partial charge in [0.25, 0.3) is 0 Å². The van der Waals surface area contributed by atoms with Crippen molar-refractivity contribution in [2.24, 2.45) is 0 Å². The Bertz CT molecular complexity index is 450. The van der Waals surface area contributed by atoms with Crippen molar-refractivity contribution in [2.45, 2.75) is 30.7 Å². The zero-order valence-electron chi connectivity index (χ0n) is 9.79. The maximum absolute atomic E-state index is 11.6. The third-order valence-corrected chi connectivity index (χ3v) is 3.71. The highest BCUT2D eigenvalue weighted by Crippen LogP contribution is 2.30. The maximum Gasteiger partial charge on any atom is 0.226 e. The average Bonchev–Trinajstić information content (AvgIpc) is 3.00. The summed E-state index contributed by atoms with van der Waals surface area (Å²) in [6.07, 6.45) is 3.82. The SMILES string of the molecule is CCNc1nc(Cl)c(S(C)=O)c(NC2CC2)n1. The van der Waals surface area contributed by atoms with Gasteiger partial charge in [-0.15, -0.1) is 0 Å². The van der Waals surface area contributed by atoms with E-state index in [1.165, 1.54) is 0 Å². The van der Waals surface area contributed by atoms with Gasteiger partial charge in [-0.25, -0.2) is 0 Å². The van der Waals surface area contributed by atoms with Crippen LogP contribution >= 0.6 is 11.6 Å². The number of hydrogen-bond acceptors (Lipinski definition) is 5. The molecule has 1 fully saturated rings. The van der Waals surface area contributed by atoms with E-state index in [1.807, 2.05) is 6.92 Å². The van der Waals surface area contributed by atoms with Gasteiger partial charge in [-0.05, 0) is 19.8 Å². The van der Waals surface area contributed by atoms with Crippen LogP contribution < -0.4 is 10.6 Å². The highest BCUT2D eigenvalue weighted by Gasteiger charge is 2.25. The smallest absolute Gasteiger partial charge is 0.226 e. The molecule has 1 aromatic heterocycles. The summed E-state index contributed by atoms with van der Waals surface area (Å²) in [5, 5.41) is 6.49. The molecule has 0 amide bonds. The van der Waals surface area contributed by atoms with Gasteiger partial charge < -0.3 is 10.6 Å². The zero-order chi connectivity index (χ0) is 12.4. The first-order valence-electron chi connectivity index (χ1n) is 5.53. The fraction of sp³-hybridized carbons (Fsp3) is 0.600. The predicted molar refractivity (Wildman–Crippen MR) is 70.2 cm³/mol. The van der Waals surface area contributed by atoms with Gasteiger partial charge in [0.15, 0.2) is 5.15 Å². The van der Waals surface area contributed by atoms with Gasteiger partial charge in [0.2, 0.25) is 5.95 Å². The van der Waals surface area contributed by atoms with Crippen molar-refractivity contribution in [3.8, 4) is 0 Å². The Balaban J connectivity index is 2.37. The molecule has 0 aromatic carbocycles. The number of halogens is 1. The van der Waals surface area contributed by atoms with Crippen molar-refractivity contribution in [2.75, 3.05) is 23.4 Å². The number of aromatic nitrogens is 2. The highest BCUT2D eigenvalue weighted by molar-refractivity contribution is 7.84. The second kappa shape index (κ2) is 5.18. The standard InChI is InChI=1S/C10H15ClN4OS/c1-3-12-10-14-8(11)7(17(2)16)9(15-10)13-6-4-5-6/h6H,3-5H2,1-2H3,(H2,12,13,14,15). The molecule has 1 aromatic rings. The number of hydrogen-bond donors (Lipinski definition) is 2. The van der Waals surface area contributed by atoms with E-state index in [1.54, 1.807) is 6.26 Å². The molecule has 2 N–H and O–H groups in total. The monoisotopic (exact) mass is 274 g/mol. The van der Waals surface area contributed by atoms with Crippen LogP contribution in [0.3, 0.4) is 0 Å². The summed E-state index contributed by atoms with van der Waals surface area (Å²) in [4.78, 5) is 8.88. The normalized spacial score (nSPS) is 16.6. The van der Waals surface area contributed by atoms with E-state index in [-0.39, 0.29) is 5.15 Å². The molecule has 7 heteroatoms. The van der Waals surface area contributed by atoms with E-state index >= 15 is 0 Å². The Morgan fingerprint density at radius 2 is 2.18 bits per heavy atom. The molecular weight excluding hydrogens is 260 g/mol. The number of rotatable bonds is 5. The molecule has 2 rings (SSSR count). The Labute approximate surface area is 108 Å². The van der Waals surface area contributed by atoms with Crippen molar-refractivity contribution in [1.82, 2.24) is 9.97 Å². The molecule has 0 spiro atoms. The molecule has 1 atom stereocenters. The highest BCUT2D eigenvalue weighted by atomic mass is 35.5. The van der Waals surface area contributed by atoms with Gasteiger partial charge in [-0.2, -0.15) is 9.97 Å². The molecule has 1 unspecified atom stereocenters. The van der Waals surface area contributed by atoms with Crippen molar-refractivity contribution in [1.29, 1.82) is 0 Å². The van der Waals surface area contributed by atoms with Crippen molar-refractivity contribution in [3.05, 3.63) is 5.15 Å². The number of nitrogens with one attached hydrogen (secondary N) is 2. The van der Waals surface area contributed by atoms with Gasteiger partial charge in [-0.1, -0.05) is 11.6 Å². The first-order chi connectivity index (χ1) is 8.11. The maximum atomic E-state index is 11.6. The lowest BCUT2D eigenvalue weighted by atomic mass is 10.5. The first-order valence-corrected chi connectivity index (χ1v) is 7.46. The quantitative estimate of drug-likeness (QED) is 0.803. The summed E-state index contributed by atoms with van der Waals surface area (Å²) >= 11 is 6.04. The topological polar surface area (TPSA) is 66.9 Å². The lowest BCUT2D eigenvalue weighted by Crippen LogP contribution is -2.11. The van der Waals surface area contributed by atoms with Crippen LogP contribution in [-0.2, 0) is 10.8 Å². The molecule has 1 aliphatic rings. The van der Waals surface area contributed by atoms with Gasteiger partial charge in [-0.3, -0.25) is 4.21 Å². The second-order valence-electron chi connectivity index (χ2n) is 3.92. The summed E-state index contributed by atoms with van der Waals surface area (Å²) in [5.74, 6) is 1.05. The van der Waals surface area contributed by atoms with Crippen molar-refractivity contribution in [3.63, 3.8) is 0 Å². The molecular formula is C10H15ClN4OS. The van der Waals surface area contributed by atoms with Crippen LogP contribution in [-0.4, -0.2) is 33.0 Å². The van der Waals surface area contributed by atoms with Crippen LogP contribution in [0.15, 0.2) is 4.90 Å². The minimum absolute atomic E-state index is 0.250. The summed E-state index contributed by atoms with van der Waals surface area (Å²) in [5.41, 5.74) is 0. The van der Waals surface area contributed by atoms with E-state index in [0.717, 1.165) is 12.8 Å². The van der Waals surface area contributed by atoms with Crippen LogP contribution in [0, 0.1) is 0 Å². The van der Waals surface area contributed by atoms with Crippen LogP contribution in [0.2, 0.25) is 5.15 Å². The molecule has 5 nitrogen and oxygen atoms in total. The molecule has 17 heavy (non-hydrogen) atoms. The van der Waals surface area contributed by atoms with Gasteiger partial charge >= 0.3 is 0 Å². The van der Waals surface area contributed by atoms with E-state index in [9.17, 15) is 4.21 Å². The summed E-state index contributed by atoms with van der Waals surface area (Å²) in [6.45, 7) is 2.67. The van der Waals surface area contributed by atoms with Crippen LogP contribution in [0.1, 0.15) is 19.8 Å². The van der Waals surface area contributed by atoms with Crippen LogP contribution in [0.25, 0.3) is 0 Å². The Kier molecular flexibility index (Phi) is 3.83. The molecule has 0 radical (unpaired) electrons. The lowest BCUT2D eigenvalue weighted by molar-refractivity contribution is 0.686. The lowest BCUT2D eigenvalue weighted by Gasteiger charge is -2.12. The van der Waals surface area contributed by atoms with Gasteiger partial charge in [0.1, 0.15) is 10.7 Å². The van der Waals surface area contributed by atoms with Crippen molar-refractivity contribution < 1.29 is 4.21 Å². The summed E-state index contributed by atoms with van der Waals surface area (Å²) < 4.78 is 11.6. The molecule has 94 valence electrons. The van der Waals surface area contributed by atoms with Crippen LogP contribution in [0.4, 0.5) is 11.8 Å². The second-order valence-corrected chi connectivity index (χ2v) is 5.59. The third-order valence-electron chi connectivity index (χ3n) is 2.36. The number of anilines is 2. The molecule has 1 heterocycles. The Morgan fingerprint density at radius 3 is 2.71 bits per heavy atom. The first kappa shape index (κ1) is 12.6. The molecule has 0 bridgehead atoms. The minimum atomic E-state index is -1.20. The van der Waals surface area contributed by atoms with E-state index in [0.29, 0.717) is 29.2 Å². The molecule has 1 aliphatic carbocycles. The Morgan fingerprint density at radius 1 is 1.47 bits per heavy atom. The fourth-order valence-electron chi connectivity index (χ4n) is 1.43. The largest absolute Gasteiger partial charge is 0.366 e. The van der Waals surface area contributed by atoms with Crippen LogP contribution in [0.5, 0.6) is 0 Å². The third kappa shape index (κ3) is 3.07. The molecule has 0 aliphatic heterocycles. The summed E-state index contributed by atoms with van der Waals surface area (Å²) in [6, 6.07) is 0.428. The summed E-state index contributed by atoms with van der Waals surface area (Å²) in [7, 11) is -1.20. The average molecular weight is 275 g/mol. The van der Waals surface area contributed by atoms with E-state index in [4.69, 9.17) is 11.6 Å². The molecule has 0 saturated heterocycles. The fourth-order valence-corrected chi connectivity index (χ4v) is 2.59. The van der Waals surface area contributed by atoms with Crippen molar-refractivity contribution >= 4 is 34.2 Å².